The van der Waals surface area contributed by atoms with E-state index in [-0.39, 0.29) is 29.5 Å². The van der Waals surface area contributed by atoms with E-state index in [4.69, 9.17) is 9.52 Å². The quantitative estimate of drug-likeness (QED) is 0.906. The molecular weight excluding hydrogens is 306 g/mol. The molecule has 24 heavy (non-hydrogen) atoms. The van der Waals surface area contributed by atoms with Gasteiger partial charge in [-0.05, 0) is 48.9 Å². The predicted molar refractivity (Wildman–Crippen MR) is 86.7 cm³/mol. The summed E-state index contributed by atoms with van der Waals surface area (Å²) in [6.07, 6.45) is 4.18. The lowest BCUT2D eigenvalue weighted by molar-refractivity contribution is -0.123. The molecule has 2 atom stereocenters. The van der Waals surface area contributed by atoms with E-state index in [0.717, 1.165) is 25.7 Å². The molecule has 1 saturated carbocycles. The molecule has 4 rings (SSSR count). The number of carbonyl (C=O) groups is 2. The summed E-state index contributed by atoms with van der Waals surface area (Å²) in [5.41, 5.74) is 2.72. The van der Waals surface area contributed by atoms with Gasteiger partial charge in [0, 0.05) is 11.3 Å². The number of amides is 1. The molecule has 1 spiro atoms. The smallest absolute Gasteiger partial charge is 0.371 e. The Labute approximate surface area is 139 Å². The Morgan fingerprint density at radius 3 is 2.88 bits per heavy atom. The number of hydrogen-bond donors (Lipinski definition) is 2. The number of carbonyl (C=O) groups excluding carboxylic acids is 1. The third-order valence-corrected chi connectivity index (χ3v) is 5.32. The number of benzene rings is 1. The summed E-state index contributed by atoms with van der Waals surface area (Å²) < 4.78 is 5.17. The average molecular weight is 325 g/mol. The van der Waals surface area contributed by atoms with Crippen molar-refractivity contribution >= 4 is 11.9 Å². The van der Waals surface area contributed by atoms with Crippen molar-refractivity contribution < 1.29 is 19.1 Å². The number of aromatic carboxylic acids is 1. The molecule has 2 aliphatic carbocycles. The number of rotatable bonds is 4. The molecular formula is C19H19NO4. The highest BCUT2D eigenvalue weighted by atomic mass is 16.4. The second kappa shape index (κ2) is 5.51. The van der Waals surface area contributed by atoms with E-state index in [1.54, 1.807) is 6.07 Å². The minimum atomic E-state index is -1.10. The van der Waals surface area contributed by atoms with Gasteiger partial charge in [-0.2, -0.15) is 0 Å². The molecule has 5 nitrogen and oxygen atoms in total. The van der Waals surface area contributed by atoms with Crippen LogP contribution in [0.25, 0.3) is 0 Å². The van der Waals surface area contributed by atoms with E-state index >= 15 is 0 Å². The van der Waals surface area contributed by atoms with Gasteiger partial charge in [0.15, 0.2) is 0 Å². The number of nitrogens with one attached hydrogen (secondary N) is 1. The van der Waals surface area contributed by atoms with Gasteiger partial charge in [-0.25, -0.2) is 4.79 Å². The van der Waals surface area contributed by atoms with Gasteiger partial charge in [-0.15, -0.1) is 0 Å². The van der Waals surface area contributed by atoms with E-state index in [2.05, 4.69) is 29.6 Å². The summed E-state index contributed by atoms with van der Waals surface area (Å²) in [5.74, 6) is -0.719. The highest BCUT2D eigenvalue weighted by molar-refractivity contribution is 5.85. The zero-order valence-corrected chi connectivity index (χ0v) is 13.2. The topological polar surface area (TPSA) is 79.5 Å². The largest absolute Gasteiger partial charge is 0.475 e. The Balaban J connectivity index is 1.43. The molecule has 0 saturated heterocycles. The second-order valence-corrected chi connectivity index (χ2v) is 6.71. The monoisotopic (exact) mass is 325 g/mol. The molecule has 5 heteroatoms. The van der Waals surface area contributed by atoms with Crippen LogP contribution >= 0.6 is 0 Å². The minimum Gasteiger partial charge on any atom is -0.475 e. The van der Waals surface area contributed by atoms with Crippen LogP contribution in [0.15, 0.2) is 40.8 Å². The Kier molecular flexibility index (Phi) is 3.44. The van der Waals surface area contributed by atoms with Gasteiger partial charge in [0.2, 0.25) is 11.7 Å². The number of furan rings is 1. The first-order valence-electron chi connectivity index (χ1n) is 8.28. The first kappa shape index (κ1) is 15.0. The van der Waals surface area contributed by atoms with Crippen LogP contribution in [-0.2, 0) is 23.2 Å². The van der Waals surface area contributed by atoms with Gasteiger partial charge in [-0.1, -0.05) is 24.3 Å². The van der Waals surface area contributed by atoms with Crippen molar-refractivity contribution in [3.05, 3.63) is 59.0 Å². The van der Waals surface area contributed by atoms with Crippen molar-refractivity contribution in [2.45, 2.75) is 37.6 Å². The maximum Gasteiger partial charge on any atom is 0.371 e. The van der Waals surface area contributed by atoms with E-state index in [9.17, 15) is 9.59 Å². The third-order valence-electron chi connectivity index (χ3n) is 5.32. The van der Waals surface area contributed by atoms with Gasteiger partial charge < -0.3 is 14.8 Å². The molecule has 1 amide bonds. The van der Waals surface area contributed by atoms with Crippen LogP contribution in [0.1, 0.15) is 46.7 Å². The molecule has 0 unspecified atom stereocenters. The Morgan fingerprint density at radius 1 is 1.25 bits per heavy atom. The number of aryl methyl sites for hydroxylation is 1. The lowest BCUT2D eigenvalue weighted by Crippen LogP contribution is -2.29. The molecule has 0 radical (unpaired) electrons. The van der Waals surface area contributed by atoms with Crippen LogP contribution in [0.5, 0.6) is 0 Å². The standard InChI is InChI=1S/C19H19NO4/c21-17(20-11-13-7-8-16(24-13)18(22)23)15-10-19(15)9-3-5-12-4-1-2-6-14(12)19/h1-2,4,6-8,15H,3,5,9-11H2,(H,20,21)(H,22,23)/t15-,19+/m1/s1. The first-order valence-corrected chi connectivity index (χ1v) is 8.28. The molecule has 124 valence electrons. The highest BCUT2D eigenvalue weighted by Crippen LogP contribution is 2.60. The van der Waals surface area contributed by atoms with Crippen LogP contribution in [0, 0.1) is 5.92 Å². The van der Waals surface area contributed by atoms with Crippen molar-refractivity contribution in [1.29, 1.82) is 0 Å². The zero-order valence-electron chi connectivity index (χ0n) is 13.2. The van der Waals surface area contributed by atoms with Gasteiger partial charge in [0.25, 0.3) is 0 Å². The summed E-state index contributed by atoms with van der Waals surface area (Å²) in [6.45, 7) is 0.223. The molecule has 1 aromatic carbocycles. The number of hydrogen-bond acceptors (Lipinski definition) is 3. The molecule has 2 N–H and O–H groups in total. The molecule has 1 fully saturated rings. The molecule has 2 aromatic rings. The molecule has 0 bridgehead atoms. The fourth-order valence-corrected chi connectivity index (χ4v) is 4.06. The van der Waals surface area contributed by atoms with E-state index in [0.29, 0.717) is 5.76 Å². The van der Waals surface area contributed by atoms with Crippen LogP contribution < -0.4 is 5.32 Å². The minimum absolute atomic E-state index is 0.00727. The van der Waals surface area contributed by atoms with E-state index in [1.165, 1.54) is 17.2 Å². The lowest BCUT2D eigenvalue weighted by atomic mass is 9.78. The molecule has 1 heterocycles. The maximum atomic E-state index is 12.5. The van der Waals surface area contributed by atoms with E-state index in [1.807, 2.05) is 0 Å². The molecule has 2 aliphatic rings. The van der Waals surface area contributed by atoms with Gasteiger partial charge in [-0.3, -0.25) is 4.79 Å². The Morgan fingerprint density at radius 2 is 2.08 bits per heavy atom. The summed E-state index contributed by atoms with van der Waals surface area (Å²) in [6, 6.07) is 11.4. The van der Waals surface area contributed by atoms with Gasteiger partial charge >= 0.3 is 5.97 Å². The summed E-state index contributed by atoms with van der Waals surface area (Å²) in [5, 5.41) is 11.7. The maximum absolute atomic E-state index is 12.5. The van der Waals surface area contributed by atoms with Crippen LogP contribution in [0.4, 0.5) is 0 Å². The number of carboxylic acid groups (broad SMARTS) is 1. The van der Waals surface area contributed by atoms with E-state index < -0.39 is 5.97 Å². The average Bonchev–Trinajstić information content (AvgIpc) is 3.09. The highest BCUT2D eigenvalue weighted by Gasteiger charge is 2.59. The SMILES string of the molecule is O=C(O)c1ccc(CNC(=O)[C@H]2C[C@]23CCCc2ccccc23)o1. The lowest BCUT2D eigenvalue weighted by Gasteiger charge is -2.26. The summed E-state index contributed by atoms with van der Waals surface area (Å²) in [4.78, 5) is 23.3. The zero-order chi connectivity index (χ0) is 16.7. The number of carboxylic acids is 1. The van der Waals surface area contributed by atoms with Gasteiger partial charge in [0.1, 0.15) is 5.76 Å². The van der Waals surface area contributed by atoms with Crippen molar-refractivity contribution in [3.8, 4) is 0 Å². The van der Waals surface area contributed by atoms with Crippen molar-refractivity contribution in [2.24, 2.45) is 5.92 Å². The summed E-state index contributed by atoms with van der Waals surface area (Å²) in [7, 11) is 0. The Bertz CT molecular complexity index is 809. The van der Waals surface area contributed by atoms with Crippen LogP contribution in [-0.4, -0.2) is 17.0 Å². The van der Waals surface area contributed by atoms with Crippen LogP contribution in [0.3, 0.4) is 0 Å². The van der Waals surface area contributed by atoms with Crippen LogP contribution in [0.2, 0.25) is 0 Å². The fourth-order valence-electron chi connectivity index (χ4n) is 4.06. The fraction of sp³-hybridized carbons (Fsp3) is 0.368. The molecule has 0 aliphatic heterocycles. The second-order valence-electron chi connectivity index (χ2n) is 6.71. The van der Waals surface area contributed by atoms with Gasteiger partial charge in [0.05, 0.1) is 6.54 Å². The first-order chi connectivity index (χ1) is 11.6. The predicted octanol–water partition coefficient (Wildman–Crippen LogP) is 2.89. The number of fused-ring (bicyclic) bond motifs is 2. The summed E-state index contributed by atoms with van der Waals surface area (Å²) >= 11 is 0. The Hall–Kier alpha value is -2.56. The van der Waals surface area contributed by atoms with Crippen molar-refractivity contribution in [3.63, 3.8) is 0 Å². The third kappa shape index (κ3) is 2.40. The van der Waals surface area contributed by atoms with Crippen molar-refractivity contribution in [2.75, 3.05) is 0 Å². The van der Waals surface area contributed by atoms with Crippen molar-refractivity contribution in [1.82, 2.24) is 5.32 Å². The molecule has 1 aromatic heterocycles. The normalized spacial score (nSPS) is 24.4.